The third-order valence-electron chi connectivity index (χ3n) is 2.50. The number of rotatable bonds is 3. The highest BCUT2D eigenvalue weighted by Gasteiger charge is 2.19. The molecule has 6 heteroatoms. The normalized spacial score (nSPS) is 10.3. The molecule has 0 unspecified atom stereocenters. The lowest BCUT2D eigenvalue weighted by molar-refractivity contribution is -0.386. The van der Waals surface area contributed by atoms with Gasteiger partial charge in [-0.05, 0) is 31.2 Å². The van der Waals surface area contributed by atoms with Crippen molar-refractivity contribution in [2.24, 2.45) is 0 Å². The van der Waals surface area contributed by atoms with Crippen LogP contribution in [0.1, 0.15) is 5.56 Å². The number of aryl methyl sites for hydroxylation is 1. The minimum absolute atomic E-state index is 0.0569. The molecule has 98 valence electrons. The van der Waals surface area contributed by atoms with Gasteiger partial charge in [-0.25, -0.2) is 0 Å². The average molecular weight is 343 g/mol. The molecule has 2 aromatic carbocycles. The van der Waals surface area contributed by atoms with E-state index >= 15 is 0 Å². The zero-order valence-electron chi connectivity index (χ0n) is 9.89. The number of halogens is 2. The lowest BCUT2D eigenvalue weighted by atomic mass is 10.2. The fraction of sp³-hybridized carbons (Fsp3) is 0.0769. The summed E-state index contributed by atoms with van der Waals surface area (Å²) >= 11 is 9.30. The van der Waals surface area contributed by atoms with Crippen molar-refractivity contribution in [2.45, 2.75) is 6.92 Å². The molecule has 0 amide bonds. The topological polar surface area (TPSA) is 52.4 Å². The Morgan fingerprint density at radius 2 is 2.00 bits per heavy atom. The van der Waals surface area contributed by atoms with Gasteiger partial charge in [-0.2, -0.15) is 0 Å². The summed E-state index contributed by atoms with van der Waals surface area (Å²) in [4.78, 5) is 10.6. The molecule has 0 aliphatic rings. The largest absolute Gasteiger partial charge is 0.449 e. The number of hydrogen-bond acceptors (Lipinski definition) is 3. The van der Waals surface area contributed by atoms with Crippen molar-refractivity contribution >= 4 is 33.2 Å². The smallest absolute Gasteiger partial charge is 0.314 e. The molecule has 0 aliphatic carbocycles. The van der Waals surface area contributed by atoms with Crippen molar-refractivity contribution in [3.8, 4) is 11.5 Å². The Labute approximate surface area is 123 Å². The first-order chi connectivity index (χ1) is 8.99. The van der Waals surface area contributed by atoms with Crippen molar-refractivity contribution < 1.29 is 9.66 Å². The van der Waals surface area contributed by atoms with Crippen LogP contribution in [0, 0.1) is 17.0 Å². The molecule has 19 heavy (non-hydrogen) atoms. The summed E-state index contributed by atoms with van der Waals surface area (Å²) in [6.07, 6.45) is 0. The van der Waals surface area contributed by atoms with Gasteiger partial charge in [0.1, 0.15) is 5.75 Å². The predicted molar refractivity (Wildman–Crippen MR) is 77.1 cm³/mol. The van der Waals surface area contributed by atoms with Crippen LogP contribution in [0.2, 0.25) is 5.02 Å². The van der Waals surface area contributed by atoms with Crippen LogP contribution >= 0.6 is 27.5 Å². The van der Waals surface area contributed by atoms with E-state index in [1.165, 1.54) is 0 Å². The Bertz CT molecular complexity index is 646. The Morgan fingerprint density at radius 1 is 1.26 bits per heavy atom. The summed E-state index contributed by atoms with van der Waals surface area (Å²) in [6, 6.07) is 9.98. The van der Waals surface area contributed by atoms with Crippen molar-refractivity contribution in [3.63, 3.8) is 0 Å². The molecule has 0 atom stereocenters. The maximum atomic E-state index is 11.1. The van der Waals surface area contributed by atoms with Crippen LogP contribution in [0.15, 0.2) is 40.9 Å². The van der Waals surface area contributed by atoms with Gasteiger partial charge in [-0.1, -0.05) is 39.7 Å². The molecule has 0 saturated carbocycles. The molecule has 4 nitrogen and oxygen atoms in total. The number of hydrogen-bond donors (Lipinski definition) is 0. The van der Waals surface area contributed by atoms with E-state index in [0.29, 0.717) is 16.3 Å². The maximum Gasteiger partial charge on any atom is 0.314 e. The lowest BCUT2D eigenvalue weighted by Crippen LogP contribution is -1.96. The fourth-order valence-electron chi connectivity index (χ4n) is 1.62. The lowest BCUT2D eigenvalue weighted by Gasteiger charge is -2.09. The molecule has 0 aliphatic heterocycles. The summed E-state index contributed by atoms with van der Waals surface area (Å²) < 4.78 is 6.34. The van der Waals surface area contributed by atoms with E-state index in [9.17, 15) is 10.1 Å². The van der Waals surface area contributed by atoms with Gasteiger partial charge in [0.2, 0.25) is 5.75 Å². The van der Waals surface area contributed by atoms with Crippen LogP contribution in [0.3, 0.4) is 0 Å². The highest BCUT2D eigenvalue weighted by molar-refractivity contribution is 9.10. The molecule has 2 rings (SSSR count). The number of ether oxygens (including phenoxy) is 1. The Balaban J connectivity index is 2.46. The van der Waals surface area contributed by atoms with Crippen molar-refractivity contribution in [2.75, 3.05) is 0 Å². The zero-order chi connectivity index (χ0) is 14.0. The number of nitrogens with zero attached hydrogens (tertiary/aromatic N) is 1. The van der Waals surface area contributed by atoms with Gasteiger partial charge in [0, 0.05) is 10.0 Å². The van der Waals surface area contributed by atoms with Crippen LogP contribution < -0.4 is 4.74 Å². The van der Waals surface area contributed by atoms with E-state index in [1.807, 2.05) is 0 Å². The Hall–Kier alpha value is -1.59. The van der Waals surface area contributed by atoms with Crippen molar-refractivity contribution in [3.05, 3.63) is 61.6 Å². The summed E-state index contributed by atoms with van der Waals surface area (Å²) in [7, 11) is 0. The predicted octanol–water partition coefficient (Wildman–Crippen LogP) is 5.11. The molecule has 0 saturated heterocycles. The first-order valence-corrected chi connectivity index (χ1v) is 6.53. The molecular weight excluding hydrogens is 334 g/mol. The molecule has 0 heterocycles. The second kappa shape index (κ2) is 5.59. The van der Waals surface area contributed by atoms with Crippen LogP contribution in [0.5, 0.6) is 11.5 Å². The summed E-state index contributed by atoms with van der Waals surface area (Å²) in [5.41, 5.74) is 0.479. The van der Waals surface area contributed by atoms with Crippen molar-refractivity contribution in [1.29, 1.82) is 0 Å². The third-order valence-corrected chi connectivity index (χ3v) is 3.30. The van der Waals surface area contributed by atoms with Gasteiger partial charge >= 0.3 is 5.69 Å². The molecule has 0 spiro atoms. The molecule has 0 aromatic heterocycles. The molecule has 0 radical (unpaired) electrons. The van der Waals surface area contributed by atoms with Crippen molar-refractivity contribution in [1.82, 2.24) is 0 Å². The van der Waals surface area contributed by atoms with E-state index in [1.54, 1.807) is 43.3 Å². The highest BCUT2D eigenvalue weighted by Crippen LogP contribution is 2.37. The second-order valence-electron chi connectivity index (χ2n) is 3.86. The standard InChI is InChI=1S/C13H9BrClNO3/c1-8-3-2-4-11(13(8)16(17)18)19-12-7-9(14)5-6-10(12)15/h2-7H,1H3. The molecule has 0 N–H and O–H groups in total. The van der Waals surface area contributed by atoms with Gasteiger partial charge in [-0.15, -0.1) is 0 Å². The minimum Gasteiger partial charge on any atom is -0.449 e. The monoisotopic (exact) mass is 341 g/mol. The van der Waals surface area contributed by atoms with Gasteiger partial charge < -0.3 is 4.74 Å². The Kier molecular flexibility index (Phi) is 4.07. The third kappa shape index (κ3) is 3.05. The maximum absolute atomic E-state index is 11.1. The van der Waals surface area contributed by atoms with E-state index < -0.39 is 4.92 Å². The summed E-state index contributed by atoms with van der Waals surface area (Å²) in [5.74, 6) is 0.537. The molecule has 2 aromatic rings. The molecule has 0 fully saturated rings. The van der Waals surface area contributed by atoms with Gasteiger partial charge in [-0.3, -0.25) is 10.1 Å². The zero-order valence-corrected chi connectivity index (χ0v) is 12.2. The summed E-state index contributed by atoms with van der Waals surface area (Å²) in [6.45, 7) is 1.66. The number of para-hydroxylation sites is 1. The summed E-state index contributed by atoms with van der Waals surface area (Å²) in [5, 5.41) is 11.5. The van der Waals surface area contributed by atoms with Gasteiger partial charge in [0.05, 0.1) is 9.95 Å². The SMILES string of the molecule is Cc1cccc(Oc2cc(Br)ccc2Cl)c1[N+](=O)[O-]. The first-order valence-electron chi connectivity index (χ1n) is 5.36. The highest BCUT2D eigenvalue weighted by atomic mass is 79.9. The second-order valence-corrected chi connectivity index (χ2v) is 5.18. The van der Waals surface area contributed by atoms with Crippen LogP contribution in [-0.2, 0) is 0 Å². The van der Waals surface area contributed by atoms with Crippen LogP contribution in [0.4, 0.5) is 5.69 Å². The van der Waals surface area contributed by atoms with E-state index in [-0.39, 0.29) is 11.4 Å². The minimum atomic E-state index is -0.462. The average Bonchev–Trinajstić information content (AvgIpc) is 2.33. The first kappa shape index (κ1) is 13.8. The Morgan fingerprint density at radius 3 is 2.68 bits per heavy atom. The number of nitro benzene ring substituents is 1. The quantitative estimate of drug-likeness (QED) is 0.575. The van der Waals surface area contributed by atoms with Crippen LogP contribution in [0.25, 0.3) is 0 Å². The molecular formula is C13H9BrClNO3. The molecule has 0 bridgehead atoms. The number of benzene rings is 2. The van der Waals surface area contributed by atoms with E-state index in [0.717, 1.165) is 4.47 Å². The number of nitro groups is 1. The van der Waals surface area contributed by atoms with E-state index in [2.05, 4.69) is 15.9 Å². The van der Waals surface area contributed by atoms with Gasteiger partial charge in [0.25, 0.3) is 0 Å². The van der Waals surface area contributed by atoms with Gasteiger partial charge in [0.15, 0.2) is 0 Å². The van der Waals surface area contributed by atoms with E-state index in [4.69, 9.17) is 16.3 Å². The fourth-order valence-corrected chi connectivity index (χ4v) is 2.12. The van der Waals surface area contributed by atoms with Crippen LogP contribution in [-0.4, -0.2) is 4.92 Å².